The average Bonchev–Trinajstić information content (AvgIpc) is 3.17. The van der Waals surface area contributed by atoms with Crippen LogP contribution in [0.25, 0.3) is 10.7 Å². The topological polar surface area (TPSA) is 59.2 Å². The Kier molecular flexibility index (Phi) is 4.38. The normalized spacial score (nSPS) is 16.7. The largest absolute Gasteiger partial charge is 0.397 e. The molecule has 3 rings (SSSR count). The fraction of sp³-hybridized carbons (Fsp3) is 0.500. The third kappa shape index (κ3) is 3.90. The standard InChI is InChI=1S/C14H14F3N3O2S/c15-14(16,17)8-11(21)20-5-3-9(4-6-20)13-18-12(19-22-13)10-2-1-7-23-10/h1-2,7,9H,3-6,8H2. The first-order chi connectivity index (χ1) is 10.9. The van der Waals surface area contributed by atoms with Crippen LogP contribution < -0.4 is 0 Å². The molecule has 0 N–H and O–H groups in total. The molecule has 1 saturated heterocycles. The molecule has 23 heavy (non-hydrogen) atoms. The van der Waals surface area contributed by atoms with Crippen LogP contribution in [0.3, 0.4) is 0 Å². The third-order valence-corrected chi connectivity index (χ3v) is 4.60. The van der Waals surface area contributed by atoms with E-state index in [9.17, 15) is 18.0 Å². The summed E-state index contributed by atoms with van der Waals surface area (Å²) in [6.07, 6.45) is -4.82. The van der Waals surface area contributed by atoms with E-state index >= 15 is 0 Å². The quantitative estimate of drug-likeness (QED) is 0.855. The van der Waals surface area contributed by atoms with Gasteiger partial charge in [-0.2, -0.15) is 18.2 Å². The molecule has 0 radical (unpaired) electrons. The van der Waals surface area contributed by atoms with Gasteiger partial charge in [0.1, 0.15) is 6.42 Å². The van der Waals surface area contributed by atoms with Gasteiger partial charge in [0, 0.05) is 19.0 Å². The van der Waals surface area contributed by atoms with Crippen LogP contribution in [0, 0.1) is 0 Å². The zero-order valence-corrected chi connectivity index (χ0v) is 12.9. The van der Waals surface area contributed by atoms with E-state index in [2.05, 4.69) is 10.1 Å². The van der Waals surface area contributed by atoms with Gasteiger partial charge in [-0.05, 0) is 24.3 Å². The fourth-order valence-corrected chi connectivity index (χ4v) is 3.22. The molecule has 1 amide bonds. The maximum Gasteiger partial charge on any atom is 0.397 e. The lowest BCUT2D eigenvalue weighted by Gasteiger charge is -2.30. The maximum absolute atomic E-state index is 12.3. The van der Waals surface area contributed by atoms with Gasteiger partial charge in [0.25, 0.3) is 0 Å². The number of thiophene rings is 1. The minimum absolute atomic E-state index is 0.0221. The van der Waals surface area contributed by atoms with Crippen molar-refractivity contribution in [3.63, 3.8) is 0 Å². The summed E-state index contributed by atoms with van der Waals surface area (Å²) in [6, 6.07) is 3.78. The van der Waals surface area contributed by atoms with Gasteiger partial charge in [0.2, 0.25) is 17.6 Å². The number of amides is 1. The SMILES string of the molecule is O=C(CC(F)(F)F)N1CCC(c2nc(-c3cccs3)no2)CC1. The number of aromatic nitrogens is 2. The van der Waals surface area contributed by atoms with Crippen molar-refractivity contribution >= 4 is 17.2 Å². The molecule has 1 aliphatic rings. The van der Waals surface area contributed by atoms with Crippen LogP contribution in [0.1, 0.15) is 31.1 Å². The van der Waals surface area contributed by atoms with Crippen molar-refractivity contribution in [1.82, 2.24) is 15.0 Å². The van der Waals surface area contributed by atoms with Crippen molar-refractivity contribution in [2.24, 2.45) is 0 Å². The number of hydrogen-bond donors (Lipinski definition) is 0. The lowest BCUT2D eigenvalue weighted by atomic mass is 9.96. The number of piperidine rings is 1. The molecule has 2 aromatic heterocycles. The summed E-state index contributed by atoms with van der Waals surface area (Å²) in [6.45, 7) is 0.548. The summed E-state index contributed by atoms with van der Waals surface area (Å²) in [5.74, 6) is 0.105. The highest BCUT2D eigenvalue weighted by molar-refractivity contribution is 7.13. The van der Waals surface area contributed by atoms with Crippen LogP contribution in [0.4, 0.5) is 13.2 Å². The van der Waals surface area contributed by atoms with Crippen molar-refractivity contribution in [2.45, 2.75) is 31.4 Å². The molecular formula is C14H14F3N3O2S. The Morgan fingerprint density at radius 1 is 1.39 bits per heavy atom. The van der Waals surface area contributed by atoms with Crippen molar-refractivity contribution in [2.75, 3.05) is 13.1 Å². The van der Waals surface area contributed by atoms with E-state index in [4.69, 9.17) is 4.52 Å². The van der Waals surface area contributed by atoms with Crippen molar-refractivity contribution in [3.05, 3.63) is 23.4 Å². The smallest absolute Gasteiger partial charge is 0.342 e. The summed E-state index contributed by atoms with van der Waals surface area (Å²) in [5.41, 5.74) is 0. The predicted molar refractivity (Wildman–Crippen MR) is 76.8 cm³/mol. The Hall–Kier alpha value is -1.90. The van der Waals surface area contributed by atoms with Gasteiger partial charge >= 0.3 is 6.18 Å². The number of carbonyl (C=O) groups excluding carboxylic acids is 1. The number of hydrogen-bond acceptors (Lipinski definition) is 5. The summed E-state index contributed by atoms with van der Waals surface area (Å²) in [7, 11) is 0. The summed E-state index contributed by atoms with van der Waals surface area (Å²) in [4.78, 5) is 18.1. The van der Waals surface area contributed by atoms with E-state index in [1.165, 1.54) is 16.2 Å². The Labute approximate surface area is 134 Å². The monoisotopic (exact) mass is 345 g/mol. The number of halogens is 3. The van der Waals surface area contributed by atoms with Crippen molar-refractivity contribution < 1.29 is 22.5 Å². The van der Waals surface area contributed by atoms with Gasteiger partial charge < -0.3 is 9.42 Å². The van der Waals surface area contributed by atoms with E-state index in [0.29, 0.717) is 24.6 Å². The lowest BCUT2D eigenvalue weighted by molar-refractivity contribution is -0.162. The summed E-state index contributed by atoms with van der Waals surface area (Å²) >= 11 is 1.50. The highest BCUT2D eigenvalue weighted by Crippen LogP contribution is 2.30. The summed E-state index contributed by atoms with van der Waals surface area (Å²) in [5, 5.41) is 5.84. The van der Waals surface area contributed by atoms with Gasteiger partial charge in [-0.15, -0.1) is 11.3 Å². The molecule has 2 aromatic rings. The van der Waals surface area contributed by atoms with Gasteiger partial charge in [0.15, 0.2) is 0 Å². The fourth-order valence-electron chi connectivity index (χ4n) is 2.57. The molecule has 9 heteroatoms. The zero-order chi connectivity index (χ0) is 16.4. The molecule has 0 spiro atoms. The van der Waals surface area contributed by atoms with Gasteiger partial charge in [-0.3, -0.25) is 4.79 Å². The van der Waals surface area contributed by atoms with Gasteiger partial charge in [-0.25, -0.2) is 0 Å². The number of carbonyl (C=O) groups is 1. The molecule has 0 unspecified atom stereocenters. The number of alkyl halides is 3. The van der Waals surface area contributed by atoms with Crippen LogP contribution >= 0.6 is 11.3 Å². The highest BCUT2D eigenvalue weighted by atomic mass is 32.1. The molecule has 0 bridgehead atoms. The van der Waals surface area contributed by atoms with Gasteiger partial charge in [0.05, 0.1) is 4.88 Å². The number of rotatable bonds is 3. The molecule has 0 saturated carbocycles. The van der Waals surface area contributed by atoms with E-state index < -0.39 is 18.5 Å². The molecule has 5 nitrogen and oxygen atoms in total. The molecule has 124 valence electrons. The lowest BCUT2D eigenvalue weighted by Crippen LogP contribution is -2.39. The second-order valence-electron chi connectivity index (χ2n) is 5.38. The Balaban J connectivity index is 1.58. The Bertz CT molecular complexity index is 661. The molecule has 0 aliphatic carbocycles. The van der Waals surface area contributed by atoms with Crippen LogP contribution in [0.5, 0.6) is 0 Å². The first-order valence-corrected chi connectivity index (χ1v) is 8.02. The first-order valence-electron chi connectivity index (χ1n) is 7.14. The maximum atomic E-state index is 12.3. The number of nitrogens with zero attached hydrogens (tertiary/aromatic N) is 3. The van der Waals surface area contributed by atoms with E-state index in [1.807, 2.05) is 17.5 Å². The minimum atomic E-state index is -4.46. The van der Waals surface area contributed by atoms with Gasteiger partial charge in [-0.1, -0.05) is 11.2 Å². The molecule has 1 aliphatic heterocycles. The van der Waals surface area contributed by atoms with Crippen LogP contribution in [-0.2, 0) is 4.79 Å². The second kappa shape index (κ2) is 6.31. The summed E-state index contributed by atoms with van der Waals surface area (Å²) < 4.78 is 42.0. The van der Waals surface area contributed by atoms with Crippen molar-refractivity contribution in [1.29, 1.82) is 0 Å². The molecular weight excluding hydrogens is 331 g/mol. The minimum Gasteiger partial charge on any atom is -0.342 e. The van der Waals surface area contributed by atoms with E-state index in [1.54, 1.807) is 0 Å². The highest BCUT2D eigenvalue weighted by Gasteiger charge is 2.35. The van der Waals surface area contributed by atoms with Crippen LogP contribution in [0.2, 0.25) is 0 Å². The van der Waals surface area contributed by atoms with Crippen molar-refractivity contribution in [3.8, 4) is 10.7 Å². The first kappa shape index (κ1) is 16.0. The molecule has 1 fully saturated rings. The second-order valence-corrected chi connectivity index (χ2v) is 6.33. The van der Waals surface area contributed by atoms with E-state index in [-0.39, 0.29) is 19.0 Å². The predicted octanol–water partition coefficient (Wildman–Crippen LogP) is 3.46. The molecule has 3 heterocycles. The molecule has 0 aromatic carbocycles. The third-order valence-electron chi connectivity index (χ3n) is 3.73. The van der Waals surface area contributed by atoms with E-state index in [0.717, 1.165) is 4.88 Å². The average molecular weight is 345 g/mol. The van der Waals surface area contributed by atoms with Crippen LogP contribution in [-0.4, -0.2) is 40.2 Å². The number of likely N-dealkylation sites (tertiary alicyclic amines) is 1. The molecule has 0 atom stereocenters. The van der Waals surface area contributed by atoms with Crippen LogP contribution in [0.15, 0.2) is 22.0 Å². The zero-order valence-electron chi connectivity index (χ0n) is 12.0. The Morgan fingerprint density at radius 2 is 2.13 bits per heavy atom. The Morgan fingerprint density at radius 3 is 2.74 bits per heavy atom.